The highest BCUT2D eigenvalue weighted by Crippen LogP contribution is 2.23. The molecule has 0 spiro atoms. The van der Waals surface area contributed by atoms with E-state index in [-0.39, 0.29) is 6.03 Å². The van der Waals surface area contributed by atoms with Crippen LogP contribution in [-0.2, 0) is 30.9 Å². The number of urea groups is 1. The Bertz CT molecular complexity index is 839. The molecule has 1 aromatic heterocycles. The molecule has 1 aromatic carbocycles. The van der Waals surface area contributed by atoms with Crippen molar-refractivity contribution in [1.82, 2.24) is 19.6 Å². The number of anilines is 1. The number of aromatic nitrogens is 2. The summed E-state index contributed by atoms with van der Waals surface area (Å²) >= 11 is 0. The lowest BCUT2D eigenvalue weighted by molar-refractivity contribution is 0.106. The van der Waals surface area contributed by atoms with Gasteiger partial charge in [0.05, 0.1) is 18.9 Å². The summed E-state index contributed by atoms with van der Waals surface area (Å²) in [5.41, 5.74) is 5.70. The number of rotatable bonds is 4. The first-order valence-corrected chi connectivity index (χ1v) is 10.1. The molecule has 2 aliphatic heterocycles. The van der Waals surface area contributed by atoms with Crippen LogP contribution >= 0.6 is 0 Å². The molecule has 150 valence electrons. The van der Waals surface area contributed by atoms with Crippen LogP contribution in [0.1, 0.15) is 29.4 Å². The summed E-state index contributed by atoms with van der Waals surface area (Å²) in [5.74, 6) is 0. The molecule has 1 fully saturated rings. The van der Waals surface area contributed by atoms with Gasteiger partial charge >= 0.3 is 6.03 Å². The van der Waals surface area contributed by atoms with E-state index in [1.54, 1.807) is 0 Å². The van der Waals surface area contributed by atoms with Crippen molar-refractivity contribution in [3.05, 3.63) is 46.8 Å². The zero-order valence-electron chi connectivity index (χ0n) is 16.8. The van der Waals surface area contributed by atoms with Gasteiger partial charge in [0.25, 0.3) is 0 Å². The zero-order valence-corrected chi connectivity index (χ0v) is 16.8. The van der Waals surface area contributed by atoms with Crippen LogP contribution in [0.2, 0.25) is 0 Å². The maximum atomic E-state index is 12.6. The Labute approximate surface area is 166 Å². The summed E-state index contributed by atoms with van der Waals surface area (Å²) in [6, 6.07) is 7.86. The van der Waals surface area contributed by atoms with E-state index in [4.69, 9.17) is 9.84 Å². The molecule has 28 heavy (non-hydrogen) atoms. The summed E-state index contributed by atoms with van der Waals surface area (Å²) in [7, 11) is 0. The molecule has 2 aromatic rings. The Hall–Kier alpha value is -2.38. The molecule has 2 aliphatic rings. The number of piperazine rings is 1. The molecule has 0 aliphatic carbocycles. The normalized spacial score (nSPS) is 17.4. The first-order valence-electron chi connectivity index (χ1n) is 10.1. The number of benzene rings is 1. The summed E-state index contributed by atoms with van der Waals surface area (Å²) < 4.78 is 7.79. The molecule has 0 atom stereocenters. The van der Waals surface area contributed by atoms with Crippen LogP contribution in [0.4, 0.5) is 10.5 Å². The van der Waals surface area contributed by atoms with Crippen molar-refractivity contribution in [1.29, 1.82) is 0 Å². The number of ether oxygens (including phenoxy) is 1. The van der Waals surface area contributed by atoms with Crippen LogP contribution in [0, 0.1) is 6.92 Å². The lowest BCUT2D eigenvalue weighted by Gasteiger charge is -2.34. The summed E-state index contributed by atoms with van der Waals surface area (Å²) in [6.45, 7) is 10.5. The maximum absolute atomic E-state index is 12.6. The Kier molecular flexibility index (Phi) is 5.64. The SMILES string of the molecule is CCn1nc(CN2CCN(C(=O)Nc3ccccc3C)CC2)c2c1CCOC2. The smallest absolute Gasteiger partial charge is 0.321 e. The first-order chi connectivity index (χ1) is 13.7. The molecule has 7 nitrogen and oxygen atoms in total. The molecular formula is C21H29N5O2. The fourth-order valence-corrected chi connectivity index (χ4v) is 4.00. The predicted molar refractivity (Wildman–Crippen MR) is 108 cm³/mol. The van der Waals surface area contributed by atoms with Gasteiger partial charge in [-0.05, 0) is 25.5 Å². The van der Waals surface area contributed by atoms with Crippen molar-refractivity contribution >= 4 is 11.7 Å². The lowest BCUT2D eigenvalue weighted by atomic mass is 10.1. The van der Waals surface area contributed by atoms with Crippen molar-refractivity contribution in [3.63, 3.8) is 0 Å². The molecule has 1 N–H and O–H groups in total. The van der Waals surface area contributed by atoms with Crippen molar-refractivity contribution < 1.29 is 9.53 Å². The fraction of sp³-hybridized carbons (Fsp3) is 0.524. The van der Waals surface area contributed by atoms with E-state index in [9.17, 15) is 4.79 Å². The second-order valence-electron chi connectivity index (χ2n) is 7.50. The van der Waals surface area contributed by atoms with Gasteiger partial charge in [0.1, 0.15) is 0 Å². The number of hydrogen-bond acceptors (Lipinski definition) is 4. The van der Waals surface area contributed by atoms with E-state index < -0.39 is 0 Å². The number of carbonyl (C=O) groups excluding carboxylic acids is 1. The van der Waals surface area contributed by atoms with E-state index >= 15 is 0 Å². The Morgan fingerprint density at radius 1 is 1.21 bits per heavy atom. The summed E-state index contributed by atoms with van der Waals surface area (Å²) in [5, 5.41) is 7.86. The molecule has 2 amide bonds. The summed E-state index contributed by atoms with van der Waals surface area (Å²) in [6.07, 6.45) is 0.947. The predicted octanol–water partition coefficient (Wildman–Crippen LogP) is 2.63. The summed E-state index contributed by atoms with van der Waals surface area (Å²) in [4.78, 5) is 16.9. The molecule has 0 saturated carbocycles. The average molecular weight is 383 g/mol. The number of nitrogens with one attached hydrogen (secondary N) is 1. The van der Waals surface area contributed by atoms with Crippen LogP contribution in [0.15, 0.2) is 24.3 Å². The number of para-hydroxylation sites is 1. The van der Waals surface area contributed by atoms with Crippen LogP contribution in [0.5, 0.6) is 0 Å². The molecule has 0 radical (unpaired) electrons. The van der Waals surface area contributed by atoms with E-state index in [0.717, 1.165) is 69.2 Å². The molecular weight excluding hydrogens is 354 g/mol. The number of nitrogens with zero attached hydrogens (tertiary/aromatic N) is 4. The van der Waals surface area contributed by atoms with Crippen LogP contribution in [0.25, 0.3) is 0 Å². The van der Waals surface area contributed by atoms with Crippen LogP contribution in [0.3, 0.4) is 0 Å². The van der Waals surface area contributed by atoms with E-state index in [1.807, 2.05) is 36.1 Å². The minimum Gasteiger partial charge on any atom is -0.376 e. The van der Waals surface area contributed by atoms with Gasteiger partial charge in [-0.15, -0.1) is 0 Å². The van der Waals surface area contributed by atoms with Gasteiger partial charge in [-0.1, -0.05) is 18.2 Å². The number of fused-ring (bicyclic) bond motifs is 1. The van der Waals surface area contributed by atoms with Crippen LogP contribution in [-0.4, -0.2) is 58.4 Å². The zero-order chi connectivity index (χ0) is 19.5. The Morgan fingerprint density at radius 2 is 2.00 bits per heavy atom. The lowest BCUT2D eigenvalue weighted by Crippen LogP contribution is -2.49. The second-order valence-corrected chi connectivity index (χ2v) is 7.50. The quantitative estimate of drug-likeness (QED) is 0.882. The second kappa shape index (κ2) is 8.32. The fourth-order valence-electron chi connectivity index (χ4n) is 4.00. The molecule has 7 heteroatoms. The highest BCUT2D eigenvalue weighted by atomic mass is 16.5. The Balaban J connectivity index is 1.34. The molecule has 3 heterocycles. The third kappa shape index (κ3) is 3.91. The van der Waals surface area contributed by atoms with Gasteiger partial charge in [0.2, 0.25) is 0 Å². The molecule has 4 rings (SSSR count). The highest BCUT2D eigenvalue weighted by molar-refractivity contribution is 5.90. The van der Waals surface area contributed by atoms with Gasteiger partial charge in [0, 0.05) is 62.6 Å². The maximum Gasteiger partial charge on any atom is 0.321 e. The molecule has 1 saturated heterocycles. The van der Waals surface area contributed by atoms with Gasteiger partial charge in [-0.25, -0.2) is 4.79 Å². The first kappa shape index (κ1) is 19.0. The number of hydrogen-bond donors (Lipinski definition) is 1. The van der Waals surface area contributed by atoms with Gasteiger partial charge < -0.3 is 15.0 Å². The topological polar surface area (TPSA) is 62.6 Å². The van der Waals surface area contributed by atoms with Gasteiger partial charge in [0.15, 0.2) is 0 Å². The minimum absolute atomic E-state index is 0.0185. The van der Waals surface area contributed by atoms with E-state index in [2.05, 4.69) is 21.8 Å². The molecule has 0 unspecified atom stereocenters. The third-order valence-corrected chi connectivity index (χ3v) is 5.70. The van der Waals surface area contributed by atoms with Gasteiger partial charge in [-0.3, -0.25) is 9.58 Å². The monoisotopic (exact) mass is 383 g/mol. The standard InChI is InChI=1S/C21H29N5O2/c1-3-26-20-8-13-28-15-17(20)19(23-26)14-24-9-11-25(12-10-24)21(27)22-18-7-5-4-6-16(18)2/h4-7H,3,8-15H2,1-2H3,(H,22,27). The third-order valence-electron chi connectivity index (χ3n) is 5.70. The van der Waals surface area contributed by atoms with Gasteiger partial charge in [-0.2, -0.15) is 5.10 Å². The van der Waals surface area contributed by atoms with Crippen molar-refractivity contribution in [2.75, 3.05) is 38.1 Å². The molecule has 0 bridgehead atoms. The average Bonchev–Trinajstić information content (AvgIpc) is 3.08. The van der Waals surface area contributed by atoms with Crippen molar-refractivity contribution in [2.45, 2.75) is 40.0 Å². The number of amides is 2. The van der Waals surface area contributed by atoms with Crippen LogP contribution < -0.4 is 5.32 Å². The van der Waals surface area contributed by atoms with E-state index in [0.29, 0.717) is 6.61 Å². The minimum atomic E-state index is -0.0185. The number of aryl methyl sites for hydroxylation is 2. The number of carbonyl (C=O) groups is 1. The largest absolute Gasteiger partial charge is 0.376 e. The Morgan fingerprint density at radius 3 is 2.75 bits per heavy atom. The van der Waals surface area contributed by atoms with Crippen molar-refractivity contribution in [3.8, 4) is 0 Å². The highest BCUT2D eigenvalue weighted by Gasteiger charge is 2.25. The van der Waals surface area contributed by atoms with Crippen molar-refractivity contribution in [2.24, 2.45) is 0 Å². The van der Waals surface area contributed by atoms with E-state index in [1.165, 1.54) is 11.3 Å².